The summed E-state index contributed by atoms with van der Waals surface area (Å²) in [6.07, 6.45) is 2.42. The Morgan fingerprint density at radius 3 is 2.83 bits per heavy atom. The van der Waals surface area contributed by atoms with Crippen molar-refractivity contribution in [2.75, 3.05) is 18.4 Å². The molecule has 1 aliphatic rings. The highest BCUT2D eigenvalue weighted by molar-refractivity contribution is 6.33. The molecule has 0 radical (unpaired) electrons. The maximum Gasteiger partial charge on any atom is 0.244 e. The van der Waals surface area contributed by atoms with Crippen molar-refractivity contribution in [2.24, 2.45) is 0 Å². The van der Waals surface area contributed by atoms with E-state index < -0.39 is 0 Å². The third-order valence-electron chi connectivity index (χ3n) is 2.90. The third-order valence-corrected chi connectivity index (χ3v) is 3.23. The average Bonchev–Trinajstić information content (AvgIpc) is 2.35. The maximum absolute atomic E-state index is 11.8. The number of nitrogens with zero attached hydrogens (tertiary/aromatic N) is 1. The quantitative estimate of drug-likeness (QED) is 0.913. The number of para-hydroxylation sites is 1. The summed E-state index contributed by atoms with van der Waals surface area (Å²) in [4.78, 5) is 25.0. The van der Waals surface area contributed by atoms with Crippen molar-refractivity contribution in [1.29, 1.82) is 0 Å². The van der Waals surface area contributed by atoms with Crippen molar-refractivity contribution in [2.45, 2.75) is 19.3 Å². The predicted octanol–water partition coefficient (Wildman–Crippen LogP) is 2.29. The van der Waals surface area contributed by atoms with Crippen LogP contribution in [0.3, 0.4) is 0 Å². The molecule has 5 heteroatoms. The van der Waals surface area contributed by atoms with Crippen LogP contribution in [0.4, 0.5) is 5.69 Å². The minimum atomic E-state index is -0.210. The monoisotopic (exact) mass is 266 g/mol. The second-order valence-corrected chi connectivity index (χ2v) is 4.71. The van der Waals surface area contributed by atoms with Crippen LogP contribution in [-0.2, 0) is 9.59 Å². The summed E-state index contributed by atoms with van der Waals surface area (Å²) in [5.41, 5.74) is 0.577. The molecule has 1 aromatic rings. The van der Waals surface area contributed by atoms with Crippen molar-refractivity contribution in [3.05, 3.63) is 29.3 Å². The van der Waals surface area contributed by atoms with Gasteiger partial charge in [0.05, 0.1) is 17.3 Å². The van der Waals surface area contributed by atoms with Crippen molar-refractivity contribution in [3.63, 3.8) is 0 Å². The highest BCUT2D eigenvalue weighted by Gasteiger charge is 2.20. The SMILES string of the molecule is O=C(CN1CCCCC1=O)Nc1ccccc1Cl. The average molecular weight is 267 g/mol. The second-order valence-electron chi connectivity index (χ2n) is 4.30. The van der Waals surface area contributed by atoms with Crippen LogP contribution < -0.4 is 5.32 Å². The lowest BCUT2D eigenvalue weighted by atomic mass is 10.1. The normalized spacial score (nSPS) is 15.6. The molecule has 0 unspecified atom stereocenters. The summed E-state index contributed by atoms with van der Waals surface area (Å²) in [5.74, 6) is -0.158. The summed E-state index contributed by atoms with van der Waals surface area (Å²) in [6.45, 7) is 0.763. The van der Waals surface area contributed by atoms with Gasteiger partial charge in [-0.1, -0.05) is 23.7 Å². The number of hydrogen-bond acceptors (Lipinski definition) is 2. The van der Waals surface area contributed by atoms with E-state index in [1.54, 1.807) is 29.2 Å². The van der Waals surface area contributed by atoms with E-state index in [9.17, 15) is 9.59 Å². The van der Waals surface area contributed by atoms with E-state index in [0.29, 0.717) is 23.7 Å². The van der Waals surface area contributed by atoms with Gasteiger partial charge in [0.1, 0.15) is 0 Å². The Morgan fingerprint density at radius 2 is 2.11 bits per heavy atom. The number of piperidine rings is 1. The number of rotatable bonds is 3. The molecule has 2 rings (SSSR count). The van der Waals surface area contributed by atoms with E-state index in [1.807, 2.05) is 0 Å². The van der Waals surface area contributed by atoms with Gasteiger partial charge in [0.2, 0.25) is 11.8 Å². The molecule has 18 heavy (non-hydrogen) atoms. The maximum atomic E-state index is 11.8. The molecule has 4 nitrogen and oxygen atoms in total. The molecule has 0 atom stereocenters. The van der Waals surface area contributed by atoms with E-state index in [4.69, 9.17) is 11.6 Å². The van der Waals surface area contributed by atoms with Gasteiger partial charge in [-0.25, -0.2) is 0 Å². The highest BCUT2D eigenvalue weighted by atomic mass is 35.5. The zero-order chi connectivity index (χ0) is 13.0. The highest BCUT2D eigenvalue weighted by Crippen LogP contribution is 2.20. The summed E-state index contributed by atoms with van der Waals surface area (Å²) in [7, 11) is 0. The Balaban J connectivity index is 1.92. The van der Waals surface area contributed by atoms with Crippen LogP contribution in [-0.4, -0.2) is 29.8 Å². The van der Waals surface area contributed by atoms with Crippen LogP contribution in [0.1, 0.15) is 19.3 Å². The van der Waals surface area contributed by atoms with E-state index in [-0.39, 0.29) is 18.4 Å². The van der Waals surface area contributed by atoms with Gasteiger partial charge in [-0.2, -0.15) is 0 Å². The number of hydrogen-bond donors (Lipinski definition) is 1. The van der Waals surface area contributed by atoms with Crippen LogP contribution in [0.2, 0.25) is 5.02 Å². The molecule has 0 aromatic heterocycles. The molecule has 96 valence electrons. The molecule has 0 aliphatic carbocycles. The molecule has 1 fully saturated rings. The lowest BCUT2D eigenvalue weighted by Gasteiger charge is -2.26. The molecule has 0 saturated carbocycles. The predicted molar refractivity (Wildman–Crippen MR) is 70.5 cm³/mol. The topological polar surface area (TPSA) is 49.4 Å². The van der Waals surface area contributed by atoms with Gasteiger partial charge >= 0.3 is 0 Å². The standard InChI is InChI=1S/C13H15ClN2O2/c14-10-5-1-2-6-11(10)15-12(17)9-16-8-4-3-7-13(16)18/h1-2,5-6H,3-4,7-9H2,(H,15,17). The lowest BCUT2D eigenvalue weighted by Crippen LogP contribution is -2.40. The van der Waals surface area contributed by atoms with Gasteiger partial charge in [-0.3, -0.25) is 9.59 Å². The number of benzene rings is 1. The number of halogens is 1. The van der Waals surface area contributed by atoms with Gasteiger partial charge in [0.15, 0.2) is 0 Å². The fourth-order valence-corrected chi connectivity index (χ4v) is 2.14. The first-order valence-electron chi connectivity index (χ1n) is 5.99. The van der Waals surface area contributed by atoms with E-state index >= 15 is 0 Å². The molecule has 0 spiro atoms. The fourth-order valence-electron chi connectivity index (χ4n) is 1.95. The molecular formula is C13H15ClN2O2. The van der Waals surface area contributed by atoms with Gasteiger partial charge < -0.3 is 10.2 Å². The lowest BCUT2D eigenvalue weighted by molar-refractivity contribution is -0.136. The molecule has 1 saturated heterocycles. The summed E-state index contributed by atoms with van der Waals surface area (Å²) < 4.78 is 0. The number of carbonyl (C=O) groups excluding carboxylic acids is 2. The van der Waals surface area contributed by atoms with Crippen LogP contribution in [0.5, 0.6) is 0 Å². The Kier molecular flexibility index (Phi) is 4.20. The molecule has 1 heterocycles. The molecule has 1 aliphatic heterocycles. The number of anilines is 1. The van der Waals surface area contributed by atoms with Crippen LogP contribution in [0, 0.1) is 0 Å². The van der Waals surface area contributed by atoms with Crippen molar-refractivity contribution < 1.29 is 9.59 Å². The minimum Gasteiger partial charge on any atom is -0.333 e. The van der Waals surface area contributed by atoms with Crippen molar-refractivity contribution >= 4 is 29.1 Å². The Bertz CT molecular complexity index is 462. The van der Waals surface area contributed by atoms with Crippen molar-refractivity contribution in [1.82, 2.24) is 4.90 Å². The Morgan fingerprint density at radius 1 is 1.33 bits per heavy atom. The number of carbonyl (C=O) groups is 2. The molecule has 2 amide bonds. The molecule has 1 aromatic carbocycles. The first kappa shape index (κ1) is 12.9. The van der Waals surface area contributed by atoms with Crippen LogP contribution >= 0.6 is 11.6 Å². The van der Waals surface area contributed by atoms with Gasteiger partial charge in [-0.15, -0.1) is 0 Å². The summed E-state index contributed by atoms with van der Waals surface area (Å²) in [5, 5.41) is 3.21. The largest absolute Gasteiger partial charge is 0.333 e. The first-order chi connectivity index (χ1) is 8.66. The van der Waals surface area contributed by atoms with Crippen molar-refractivity contribution in [3.8, 4) is 0 Å². The summed E-state index contributed by atoms with van der Waals surface area (Å²) in [6, 6.07) is 7.04. The number of nitrogens with one attached hydrogen (secondary N) is 1. The van der Waals surface area contributed by atoms with Crippen LogP contribution in [0.25, 0.3) is 0 Å². The number of likely N-dealkylation sites (tertiary alicyclic amines) is 1. The van der Waals surface area contributed by atoms with Gasteiger partial charge in [0, 0.05) is 13.0 Å². The third kappa shape index (κ3) is 3.23. The zero-order valence-corrected chi connectivity index (χ0v) is 10.7. The van der Waals surface area contributed by atoms with Gasteiger partial charge in [-0.05, 0) is 25.0 Å². The van der Waals surface area contributed by atoms with E-state index in [0.717, 1.165) is 12.8 Å². The molecule has 0 bridgehead atoms. The van der Waals surface area contributed by atoms with E-state index in [2.05, 4.69) is 5.32 Å². The smallest absolute Gasteiger partial charge is 0.244 e. The minimum absolute atomic E-state index is 0.0514. The van der Waals surface area contributed by atoms with Crippen LogP contribution in [0.15, 0.2) is 24.3 Å². The van der Waals surface area contributed by atoms with E-state index in [1.165, 1.54) is 0 Å². The Hall–Kier alpha value is -1.55. The summed E-state index contributed by atoms with van der Waals surface area (Å²) >= 11 is 5.94. The fraction of sp³-hybridized carbons (Fsp3) is 0.385. The number of amides is 2. The second kappa shape index (κ2) is 5.87. The first-order valence-corrected chi connectivity index (χ1v) is 6.37. The zero-order valence-electron chi connectivity index (χ0n) is 9.99. The molecule has 1 N–H and O–H groups in total. The van der Waals surface area contributed by atoms with Gasteiger partial charge in [0.25, 0.3) is 0 Å². The molecular weight excluding hydrogens is 252 g/mol. The Labute approximate surface area is 111 Å².